The van der Waals surface area contributed by atoms with Gasteiger partial charge in [0.1, 0.15) is 18.0 Å². The number of ether oxygens (including phenoxy) is 2. The fourth-order valence-electron chi connectivity index (χ4n) is 4.47. The van der Waals surface area contributed by atoms with E-state index in [-0.39, 0.29) is 30.7 Å². The summed E-state index contributed by atoms with van der Waals surface area (Å²) in [6.07, 6.45) is 6.20. The lowest BCUT2D eigenvalue weighted by molar-refractivity contribution is -0.156. The van der Waals surface area contributed by atoms with Crippen LogP contribution in [0.25, 0.3) is 0 Å². The fourth-order valence-corrected chi connectivity index (χ4v) is 4.47. The first kappa shape index (κ1) is 25.4. The number of nitrogens with zero attached hydrogens (tertiary/aromatic N) is 1. The number of hydrogen-bond donors (Lipinski definition) is 4. The number of carbonyl (C=O) groups is 2. The number of hydrazine groups is 1. The Morgan fingerprint density at radius 2 is 1.97 bits per heavy atom. The van der Waals surface area contributed by atoms with E-state index in [1.165, 1.54) is 12.8 Å². The molecule has 1 aliphatic heterocycles. The molecule has 0 radical (unpaired) electrons. The minimum Gasteiger partial charge on any atom is -0.465 e. The number of fused-ring (bicyclic) bond motifs is 1. The number of piperidine rings is 1. The molecule has 9 nitrogen and oxygen atoms in total. The highest BCUT2D eigenvalue weighted by molar-refractivity contribution is 5.80. The van der Waals surface area contributed by atoms with E-state index in [9.17, 15) is 9.59 Å². The highest BCUT2D eigenvalue weighted by atomic mass is 16.6. The van der Waals surface area contributed by atoms with E-state index in [4.69, 9.17) is 21.1 Å². The Morgan fingerprint density at radius 1 is 1.23 bits per heavy atom. The highest BCUT2D eigenvalue weighted by Gasteiger charge is 2.38. The number of esters is 2. The van der Waals surface area contributed by atoms with Gasteiger partial charge in [0.25, 0.3) is 0 Å². The third-order valence-corrected chi connectivity index (χ3v) is 6.40. The van der Waals surface area contributed by atoms with E-state index < -0.39 is 5.41 Å². The number of hydrazone groups is 1. The minimum atomic E-state index is -0.528. The van der Waals surface area contributed by atoms with Gasteiger partial charge in [-0.05, 0) is 77.7 Å². The van der Waals surface area contributed by atoms with Crippen molar-refractivity contribution in [3.63, 3.8) is 0 Å². The minimum absolute atomic E-state index is 0.208. The first-order valence-electron chi connectivity index (χ1n) is 11.5. The van der Waals surface area contributed by atoms with Crippen molar-refractivity contribution in [1.82, 2.24) is 10.9 Å². The van der Waals surface area contributed by atoms with Crippen LogP contribution in [0.1, 0.15) is 72.6 Å². The predicted molar refractivity (Wildman–Crippen MR) is 119 cm³/mol. The molecule has 1 heterocycles. The Kier molecular flexibility index (Phi) is 9.55. The molecule has 0 amide bonds. The van der Waals surface area contributed by atoms with E-state index in [2.05, 4.69) is 16.0 Å². The average molecular weight is 440 g/mol. The predicted octanol–water partition coefficient (Wildman–Crippen LogP) is 1.81. The largest absolute Gasteiger partial charge is 0.465 e. The molecule has 0 bridgehead atoms. The lowest BCUT2D eigenvalue weighted by Gasteiger charge is -2.42. The normalized spacial score (nSPS) is 27.7. The van der Waals surface area contributed by atoms with Gasteiger partial charge in [0, 0.05) is 12.8 Å². The monoisotopic (exact) mass is 439 g/mol. The lowest BCUT2D eigenvalue weighted by Crippen LogP contribution is -2.50. The number of hydrogen-bond acceptors (Lipinski definition) is 8. The van der Waals surface area contributed by atoms with Crippen molar-refractivity contribution in [1.29, 1.82) is 0 Å². The van der Waals surface area contributed by atoms with Crippen molar-refractivity contribution in [2.24, 2.45) is 39.8 Å². The van der Waals surface area contributed by atoms with Gasteiger partial charge in [-0.15, -0.1) is 0 Å². The molecule has 2 rings (SSSR count). The second-order valence-corrected chi connectivity index (χ2v) is 10.1. The van der Waals surface area contributed by atoms with Gasteiger partial charge in [-0.1, -0.05) is 6.42 Å². The molecule has 0 aromatic rings. The summed E-state index contributed by atoms with van der Waals surface area (Å²) in [6.45, 7) is 8.40. The van der Waals surface area contributed by atoms with Gasteiger partial charge < -0.3 is 20.5 Å². The SMILES string of the molecule is CC(CCOC(=O)C(C)(C)C)OC(=O)C1CC2CC(CC/C(N)=N/NN)CCC2CN1. The van der Waals surface area contributed by atoms with E-state index >= 15 is 0 Å². The second kappa shape index (κ2) is 11.7. The van der Waals surface area contributed by atoms with Crippen LogP contribution in [-0.4, -0.2) is 43.1 Å². The molecular weight excluding hydrogens is 398 g/mol. The van der Waals surface area contributed by atoms with Gasteiger partial charge in [-0.3, -0.25) is 9.59 Å². The third-order valence-electron chi connectivity index (χ3n) is 6.40. The topological polar surface area (TPSA) is 141 Å². The summed E-state index contributed by atoms with van der Waals surface area (Å²) in [7, 11) is 0. The Labute approximate surface area is 186 Å². The molecule has 5 unspecified atom stereocenters. The van der Waals surface area contributed by atoms with Gasteiger partial charge in [0.2, 0.25) is 0 Å². The van der Waals surface area contributed by atoms with Crippen LogP contribution < -0.4 is 22.4 Å². The van der Waals surface area contributed by atoms with Gasteiger partial charge in [-0.25, -0.2) is 11.4 Å². The third kappa shape index (κ3) is 8.29. The standard InChI is InChI=1S/C22H41N5O4/c1-14(9-10-30-21(29)22(2,3)4)31-20(28)18-12-17-11-15(5-7-16(17)13-25-18)6-8-19(23)26-27-24/h14-18,25,27H,5-13,24H2,1-4H3,(H2,23,26). The molecule has 0 aromatic heterocycles. The zero-order valence-electron chi connectivity index (χ0n) is 19.5. The van der Waals surface area contributed by atoms with Gasteiger partial charge in [0.05, 0.1) is 12.0 Å². The maximum Gasteiger partial charge on any atom is 0.323 e. The number of nitrogens with one attached hydrogen (secondary N) is 2. The Hall–Kier alpha value is -1.87. The summed E-state index contributed by atoms with van der Waals surface area (Å²) < 4.78 is 10.9. The molecule has 5 atom stereocenters. The zero-order chi connectivity index (χ0) is 23.0. The molecule has 1 saturated carbocycles. The van der Waals surface area contributed by atoms with Crippen LogP contribution in [0.4, 0.5) is 0 Å². The van der Waals surface area contributed by atoms with Crippen molar-refractivity contribution >= 4 is 17.8 Å². The van der Waals surface area contributed by atoms with Crippen molar-refractivity contribution in [2.75, 3.05) is 13.2 Å². The van der Waals surface area contributed by atoms with Crippen LogP contribution in [-0.2, 0) is 19.1 Å². The number of carbonyl (C=O) groups excluding carboxylic acids is 2. The van der Waals surface area contributed by atoms with Crippen LogP contribution in [0.5, 0.6) is 0 Å². The van der Waals surface area contributed by atoms with Crippen LogP contribution in [0.3, 0.4) is 0 Å². The van der Waals surface area contributed by atoms with Crippen LogP contribution >= 0.6 is 0 Å². The van der Waals surface area contributed by atoms with E-state index in [0.29, 0.717) is 30.0 Å². The molecule has 2 aliphatic rings. The lowest BCUT2D eigenvalue weighted by atomic mass is 9.69. The van der Waals surface area contributed by atoms with Gasteiger partial charge in [-0.2, -0.15) is 5.10 Å². The van der Waals surface area contributed by atoms with Crippen molar-refractivity contribution in [3.8, 4) is 0 Å². The molecule has 1 saturated heterocycles. The van der Waals surface area contributed by atoms with Crippen molar-refractivity contribution < 1.29 is 19.1 Å². The number of nitrogens with two attached hydrogens (primary N) is 2. The maximum atomic E-state index is 12.7. The average Bonchev–Trinajstić information content (AvgIpc) is 2.71. The summed E-state index contributed by atoms with van der Waals surface area (Å²) in [5.41, 5.74) is 7.53. The second-order valence-electron chi connectivity index (χ2n) is 10.1. The van der Waals surface area contributed by atoms with E-state index in [0.717, 1.165) is 32.2 Å². The summed E-state index contributed by atoms with van der Waals surface area (Å²) >= 11 is 0. The Morgan fingerprint density at radius 3 is 2.65 bits per heavy atom. The first-order valence-corrected chi connectivity index (χ1v) is 11.5. The number of amidine groups is 1. The molecule has 1 aliphatic carbocycles. The van der Waals surface area contributed by atoms with Gasteiger partial charge in [0.15, 0.2) is 0 Å². The fraction of sp³-hybridized carbons (Fsp3) is 0.864. The quantitative estimate of drug-likeness (QED) is 0.140. The zero-order valence-corrected chi connectivity index (χ0v) is 19.5. The molecule has 9 heteroatoms. The van der Waals surface area contributed by atoms with Crippen LogP contribution in [0, 0.1) is 23.2 Å². The molecule has 2 fully saturated rings. The summed E-state index contributed by atoms with van der Waals surface area (Å²) in [5.74, 6) is 6.98. The summed E-state index contributed by atoms with van der Waals surface area (Å²) in [4.78, 5) is 24.5. The first-order chi connectivity index (χ1) is 14.6. The van der Waals surface area contributed by atoms with E-state index in [1.54, 1.807) is 0 Å². The molecule has 6 N–H and O–H groups in total. The highest BCUT2D eigenvalue weighted by Crippen LogP contribution is 2.40. The molecule has 0 spiro atoms. The van der Waals surface area contributed by atoms with Crippen LogP contribution in [0.15, 0.2) is 5.10 Å². The Balaban J connectivity index is 1.74. The van der Waals surface area contributed by atoms with Gasteiger partial charge >= 0.3 is 11.9 Å². The maximum absolute atomic E-state index is 12.7. The molecular formula is C22H41N5O4. The molecule has 0 aromatic carbocycles. The van der Waals surface area contributed by atoms with Crippen molar-refractivity contribution in [3.05, 3.63) is 0 Å². The molecule has 178 valence electrons. The molecule has 31 heavy (non-hydrogen) atoms. The summed E-state index contributed by atoms with van der Waals surface area (Å²) in [6, 6.07) is -0.271. The van der Waals surface area contributed by atoms with E-state index in [1.807, 2.05) is 27.7 Å². The van der Waals surface area contributed by atoms with Crippen LogP contribution in [0.2, 0.25) is 0 Å². The Bertz CT molecular complexity index is 634. The summed E-state index contributed by atoms with van der Waals surface area (Å²) in [5, 5.41) is 7.20. The smallest absolute Gasteiger partial charge is 0.323 e. The van der Waals surface area contributed by atoms with Crippen molar-refractivity contribution in [2.45, 2.75) is 84.8 Å². The number of rotatable bonds is 9.